The van der Waals surface area contributed by atoms with Crippen molar-refractivity contribution in [3.05, 3.63) is 48.0 Å². The third kappa shape index (κ3) is 4.28. The van der Waals surface area contributed by atoms with Gasteiger partial charge in [-0.1, -0.05) is 24.3 Å². The van der Waals surface area contributed by atoms with Crippen LogP contribution in [-0.2, 0) is 19.8 Å². The van der Waals surface area contributed by atoms with Crippen LogP contribution in [0.4, 0.5) is 0 Å². The number of hydrogen-bond acceptors (Lipinski definition) is 6. The Hall–Kier alpha value is -1.72. The summed E-state index contributed by atoms with van der Waals surface area (Å²) in [5, 5.41) is 10.5. The number of phenolic OH excluding ortho intramolecular Hbond substituents is 1. The molecule has 0 saturated heterocycles. The summed E-state index contributed by atoms with van der Waals surface area (Å²) < 4.78 is 24.2. The number of phenols is 1. The van der Waals surface area contributed by atoms with E-state index < -0.39 is 7.60 Å². The summed E-state index contributed by atoms with van der Waals surface area (Å²) in [4.78, 5) is 4.59. The molecule has 0 amide bonds. The highest BCUT2D eigenvalue weighted by atomic mass is 32.1. The van der Waals surface area contributed by atoms with Gasteiger partial charge in [0.2, 0.25) is 0 Å². The van der Waals surface area contributed by atoms with E-state index in [-0.39, 0.29) is 11.9 Å². The van der Waals surface area contributed by atoms with Crippen LogP contribution >= 0.6 is 18.9 Å². The summed E-state index contributed by atoms with van der Waals surface area (Å²) in [6, 6.07) is 12.9. The molecule has 0 unspecified atom stereocenters. The Kier molecular flexibility index (Phi) is 5.54. The van der Waals surface area contributed by atoms with Crippen LogP contribution in [0.3, 0.4) is 0 Å². The Morgan fingerprint density at radius 1 is 1.08 bits per heavy atom. The maximum Gasteiger partial charge on any atom is 0.335 e. The van der Waals surface area contributed by atoms with Crippen LogP contribution in [0.2, 0.25) is 0 Å². The molecule has 7 heteroatoms. The third-order valence-electron chi connectivity index (χ3n) is 3.60. The lowest BCUT2D eigenvalue weighted by Crippen LogP contribution is -1.99. The second-order valence-electron chi connectivity index (χ2n) is 5.47. The second-order valence-corrected chi connectivity index (χ2v) is 8.56. The molecule has 0 aliphatic heterocycles. The summed E-state index contributed by atoms with van der Waals surface area (Å²) in [5.74, 6) is 0.237. The van der Waals surface area contributed by atoms with Crippen LogP contribution in [0.25, 0.3) is 20.8 Å². The molecule has 0 fully saturated rings. The Bertz CT molecular complexity index is 897. The van der Waals surface area contributed by atoms with Gasteiger partial charge in [0.15, 0.2) is 0 Å². The zero-order chi connectivity index (χ0) is 17.9. The summed E-state index contributed by atoms with van der Waals surface area (Å²) in [6.45, 7) is 4.32. The van der Waals surface area contributed by atoms with Gasteiger partial charge in [0.05, 0.1) is 29.6 Å². The SMILES string of the molecule is CCOP(=O)(Cc1ccc(-c2nc3ccc(O)cc3s2)cc1)OCC. The molecule has 0 bridgehead atoms. The number of aromatic hydroxyl groups is 1. The van der Waals surface area contributed by atoms with E-state index in [0.29, 0.717) is 13.2 Å². The van der Waals surface area contributed by atoms with Gasteiger partial charge in [0.25, 0.3) is 0 Å². The molecule has 25 heavy (non-hydrogen) atoms. The van der Waals surface area contributed by atoms with Crippen molar-refractivity contribution >= 4 is 29.1 Å². The largest absolute Gasteiger partial charge is 0.508 e. The van der Waals surface area contributed by atoms with Gasteiger partial charge in [-0.2, -0.15) is 0 Å². The first-order valence-electron chi connectivity index (χ1n) is 8.10. The highest BCUT2D eigenvalue weighted by molar-refractivity contribution is 7.53. The molecule has 132 valence electrons. The van der Waals surface area contributed by atoms with Crippen LogP contribution in [0, 0.1) is 0 Å². The smallest absolute Gasteiger partial charge is 0.335 e. The van der Waals surface area contributed by atoms with Gasteiger partial charge in [-0.15, -0.1) is 11.3 Å². The average Bonchev–Trinajstić information content (AvgIpc) is 2.99. The van der Waals surface area contributed by atoms with E-state index in [0.717, 1.165) is 26.4 Å². The molecular weight excluding hydrogens is 357 g/mol. The Balaban J connectivity index is 1.82. The summed E-state index contributed by atoms with van der Waals surface area (Å²) in [7, 11) is -3.10. The minimum atomic E-state index is -3.10. The Labute approximate surface area is 150 Å². The maximum atomic E-state index is 12.6. The molecule has 0 radical (unpaired) electrons. The van der Waals surface area contributed by atoms with Crippen LogP contribution in [-0.4, -0.2) is 23.3 Å². The summed E-state index contributed by atoms with van der Waals surface area (Å²) in [5.41, 5.74) is 2.74. The van der Waals surface area contributed by atoms with Gasteiger partial charge in [-0.05, 0) is 37.6 Å². The lowest BCUT2D eigenvalue weighted by atomic mass is 10.2. The molecule has 1 N–H and O–H groups in total. The quantitative estimate of drug-likeness (QED) is 0.556. The fourth-order valence-electron chi connectivity index (χ4n) is 2.54. The van der Waals surface area contributed by atoms with Crippen LogP contribution < -0.4 is 0 Å². The van der Waals surface area contributed by atoms with E-state index in [2.05, 4.69) is 4.98 Å². The Morgan fingerprint density at radius 3 is 2.40 bits per heavy atom. The molecule has 0 aliphatic carbocycles. The van der Waals surface area contributed by atoms with Crippen molar-refractivity contribution in [2.75, 3.05) is 13.2 Å². The molecule has 2 aromatic carbocycles. The van der Waals surface area contributed by atoms with Gasteiger partial charge in [0, 0.05) is 5.56 Å². The highest BCUT2D eigenvalue weighted by Gasteiger charge is 2.24. The normalized spacial score (nSPS) is 11.9. The van der Waals surface area contributed by atoms with Crippen molar-refractivity contribution in [3.8, 4) is 16.3 Å². The molecule has 0 atom stereocenters. The van der Waals surface area contributed by atoms with Crippen molar-refractivity contribution in [3.63, 3.8) is 0 Å². The topological polar surface area (TPSA) is 68.7 Å². The number of rotatable bonds is 7. The van der Waals surface area contributed by atoms with Crippen LogP contribution in [0.5, 0.6) is 5.75 Å². The van der Waals surface area contributed by atoms with Crippen molar-refractivity contribution in [1.29, 1.82) is 0 Å². The second kappa shape index (κ2) is 7.67. The molecule has 0 aliphatic rings. The maximum absolute atomic E-state index is 12.6. The van der Waals surface area contributed by atoms with E-state index in [1.807, 2.05) is 24.3 Å². The number of benzene rings is 2. The zero-order valence-corrected chi connectivity index (χ0v) is 15.8. The summed E-state index contributed by atoms with van der Waals surface area (Å²) >= 11 is 1.52. The average molecular weight is 377 g/mol. The predicted octanol–water partition coefficient (Wildman–Crippen LogP) is 5.44. The predicted molar refractivity (Wildman–Crippen MR) is 101 cm³/mol. The lowest BCUT2D eigenvalue weighted by Gasteiger charge is -2.17. The first kappa shape index (κ1) is 18.1. The van der Waals surface area contributed by atoms with E-state index >= 15 is 0 Å². The molecule has 5 nitrogen and oxygen atoms in total. The molecule has 0 saturated carbocycles. The molecule has 3 rings (SSSR count). The monoisotopic (exact) mass is 377 g/mol. The molecule has 0 spiro atoms. The standard InChI is InChI=1S/C18H20NO4PS/c1-3-22-24(21,23-4-2)12-13-5-7-14(8-6-13)18-19-16-10-9-15(20)11-17(16)25-18/h5-11,20H,3-4,12H2,1-2H3. The molecule has 1 aromatic heterocycles. The van der Waals surface area contributed by atoms with E-state index in [4.69, 9.17) is 9.05 Å². The Morgan fingerprint density at radius 2 is 1.76 bits per heavy atom. The lowest BCUT2D eigenvalue weighted by molar-refractivity contribution is 0.219. The first-order chi connectivity index (χ1) is 12.0. The highest BCUT2D eigenvalue weighted by Crippen LogP contribution is 2.51. The minimum Gasteiger partial charge on any atom is -0.508 e. The van der Waals surface area contributed by atoms with Crippen molar-refractivity contribution < 1.29 is 18.7 Å². The molecule has 1 heterocycles. The number of thiazole rings is 1. The van der Waals surface area contributed by atoms with Crippen molar-refractivity contribution in [2.45, 2.75) is 20.0 Å². The van der Waals surface area contributed by atoms with Crippen LogP contribution in [0.15, 0.2) is 42.5 Å². The van der Waals surface area contributed by atoms with Crippen molar-refractivity contribution in [2.24, 2.45) is 0 Å². The van der Waals surface area contributed by atoms with Gasteiger partial charge < -0.3 is 14.2 Å². The number of aromatic nitrogens is 1. The number of hydrogen-bond donors (Lipinski definition) is 1. The van der Waals surface area contributed by atoms with E-state index in [1.165, 1.54) is 11.3 Å². The fourth-order valence-corrected chi connectivity index (χ4v) is 5.24. The summed E-state index contributed by atoms with van der Waals surface area (Å²) in [6.07, 6.45) is 0.253. The first-order valence-corrected chi connectivity index (χ1v) is 10.6. The van der Waals surface area contributed by atoms with Crippen molar-refractivity contribution in [1.82, 2.24) is 4.98 Å². The number of nitrogens with zero attached hydrogens (tertiary/aromatic N) is 1. The molecular formula is C18H20NO4PS. The van der Waals surface area contributed by atoms with Gasteiger partial charge in [0.1, 0.15) is 10.8 Å². The van der Waals surface area contributed by atoms with Gasteiger partial charge in [-0.3, -0.25) is 4.57 Å². The van der Waals surface area contributed by atoms with Gasteiger partial charge >= 0.3 is 7.60 Å². The minimum absolute atomic E-state index is 0.237. The zero-order valence-electron chi connectivity index (χ0n) is 14.1. The fraction of sp³-hybridized carbons (Fsp3) is 0.278. The van der Waals surface area contributed by atoms with Gasteiger partial charge in [-0.25, -0.2) is 4.98 Å². The number of fused-ring (bicyclic) bond motifs is 1. The molecule has 3 aromatic rings. The van der Waals surface area contributed by atoms with Crippen LogP contribution in [0.1, 0.15) is 19.4 Å². The van der Waals surface area contributed by atoms with E-state index in [9.17, 15) is 9.67 Å². The van der Waals surface area contributed by atoms with E-state index in [1.54, 1.807) is 32.0 Å². The third-order valence-corrected chi connectivity index (χ3v) is 6.72.